The number of nitrogens with one attached hydrogen (secondary N) is 1. The van der Waals surface area contributed by atoms with Crippen molar-refractivity contribution in [2.75, 3.05) is 39.8 Å². The highest BCUT2D eigenvalue weighted by Crippen LogP contribution is 1.97. The second-order valence-corrected chi connectivity index (χ2v) is 4.28. The molecule has 0 atom stereocenters. The average Bonchev–Trinajstić information content (AvgIpc) is 2.58. The van der Waals surface area contributed by atoms with E-state index in [1.54, 1.807) is 0 Å². The third kappa shape index (κ3) is 3.70. The van der Waals surface area contributed by atoms with Crippen LogP contribution in [0.25, 0.3) is 0 Å². The lowest BCUT2D eigenvalue weighted by molar-refractivity contribution is 0.237. The summed E-state index contributed by atoms with van der Waals surface area (Å²) in [5.74, 6) is 1.05. The highest BCUT2D eigenvalue weighted by atomic mass is 15.3. The molecule has 88 valence electrons. The minimum absolute atomic E-state index is 0.625. The van der Waals surface area contributed by atoms with Gasteiger partial charge < -0.3 is 10.2 Å². The SMILES string of the molecule is CCN(CCNC1=NCCN1C)C(C)C. The maximum atomic E-state index is 4.40. The van der Waals surface area contributed by atoms with Crippen molar-refractivity contribution in [2.24, 2.45) is 4.99 Å². The van der Waals surface area contributed by atoms with Crippen LogP contribution < -0.4 is 5.32 Å². The fourth-order valence-electron chi connectivity index (χ4n) is 1.82. The van der Waals surface area contributed by atoms with Crippen LogP contribution in [0.3, 0.4) is 0 Å². The van der Waals surface area contributed by atoms with E-state index in [4.69, 9.17) is 0 Å². The van der Waals surface area contributed by atoms with Crippen LogP contribution in [0.15, 0.2) is 4.99 Å². The van der Waals surface area contributed by atoms with Crippen molar-refractivity contribution in [2.45, 2.75) is 26.8 Å². The van der Waals surface area contributed by atoms with Crippen LogP contribution in [0, 0.1) is 0 Å². The molecule has 0 radical (unpaired) electrons. The van der Waals surface area contributed by atoms with E-state index in [0.717, 1.165) is 38.7 Å². The van der Waals surface area contributed by atoms with Crippen molar-refractivity contribution in [1.29, 1.82) is 0 Å². The van der Waals surface area contributed by atoms with Gasteiger partial charge in [0.05, 0.1) is 6.54 Å². The molecular formula is C11H24N4. The summed E-state index contributed by atoms with van der Waals surface area (Å²) in [7, 11) is 2.08. The average molecular weight is 212 g/mol. The van der Waals surface area contributed by atoms with E-state index in [9.17, 15) is 0 Å². The molecule has 1 heterocycles. The molecule has 1 aliphatic heterocycles. The summed E-state index contributed by atoms with van der Waals surface area (Å²) in [6.07, 6.45) is 0. The first-order valence-electron chi connectivity index (χ1n) is 5.88. The third-order valence-electron chi connectivity index (χ3n) is 2.88. The summed E-state index contributed by atoms with van der Waals surface area (Å²) < 4.78 is 0. The number of nitrogens with zero attached hydrogens (tertiary/aromatic N) is 3. The molecule has 0 amide bonds. The summed E-state index contributed by atoms with van der Waals surface area (Å²) in [6, 6.07) is 0.625. The van der Waals surface area contributed by atoms with Gasteiger partial charge >= 0.3 is 0 Å². The molecule has 0 aromatic heterocycles. The van der Waals surface area contributed by atoms with E-state index in [1.165, 1.54) is 0 Å². The van der Waals surface area contributed by atoms with Crippen LogP contribution in [0.4, 0.5) is 0 Å². The molecule has 4 nitrogen and oxygen atoms in total. The molecule has 0 aromatic carbocycles. The van der Waals surface area contributed by atoms with Gasteiger partial charge in [0.15, 0.2) is 5.96 Å². The van der Waals surface area contributed by atoms with Gasteiger partial charge in [0.25, 0.3) is 0 Å². The van der Waals surface area contributed by atoms with Gasteiger partial charge in [-0.15, -0.1) is 0 Å². The molecular weight excluding hydrogens is 188 g/mol. The fourth-order valence-corrected chi connectivity index (χ4v) is 1.82. The molecule has 1 N–H and O–H groups in total. The van der Waals surface area contributed by atoms with Gasteiger partial charge in [0.2, 0.25) is 0 Å². The van der Waals surface area contributed by atoms with Crippen molar-refractivity contribution in [1.82, 2.24) is 15.1 Å². The number of aliphatic imine (C=N–C) groups is 1. The van der Waals surface area contributed by atoms with Gasteiger partial charge in [-0.3, -0.25) is 9.89 Å². The van der Waals surface area contributed by atoms with Gasteiger partial charge in [0, 0.05) is 32.7 Å². The van der Waals surface area contributed by atoms with E-state index in [2.05, 4.69) is 47.9 Å². The number of hydrogen-bond donors (Lipinski definition) is 1. The van der Waals surface area contributed by atoms with E-state index >= 15 is 0 Å². The van der Waals surface area contributed by atoms with Crippen molar-refractivity contribution in [3.05, 3.63) is 0 Å². The fraction of sp³-hybridized carbons (Fsp3) is 0.909. The lowest BCUT2D eigenvalue weighted by Crippen LogP contribution is -2.42. The van der Waals surface area contributed by atoms with Gasteiger partial charge in [-0.2, -0.15) is 0 Å². The van der Waals surface area contributed by atoms with Crippen LogP contribution in [0.1, 0.15) is 20.8 Å². The smallest absolute Gasteiger partial charge is 0.193 e. The predicted molar refractivity (Wildman–Crippen MR) is 65.3 cm³/mol. The van der Waals surface area contributed by atoms with Crippen molar-refractivity contribution in [3.8, 4) is 0 Å². The molecule has 0 saturated heterocycles. The first kappa shape index (κ1) is 12.3. The Morgan fingerprint density at radius 3 is 2.73 bits per heavy atom. The molecule has 0 saturated carbocycles. The van der Waals surface area contributed by atoms with Crippen LogP contribution in [-0.4, -0.2) is 61.6 Å². The molecule has 0 aromatic rings. The first-order chi connectivity index (χ1) is 7.15. The molecule has 0 unspecified atom stereocenters. The second-order valence-electron chi connectivity index (χ2n) is 4.28. The molecule has 1 aliphatic rings. The van der Waals surface area contributed by atoms with E-state index in [0.29, 0.717) is 6.04 Å². The Morgan fingerprint density at radius 1 is 1.53 bits per heavy atom. The van der Waals surface area contributed by atoms with Crippen LogP contribution in [-0.2, 0) is 0 Å². The minimum atomic E-state index is 0.625. The van der Waals surface area contributed by atoms with Gasteiger partial charge in [-0.1, -0.05) is 6.92 Å². The normalized spacial score (nSPS) is 16.4. The standard InChI is InChI=1S/C11H24N4/c1-5-15(10(2)3)9-7-13-11-12-6-8-14(11)4/h10H,5-9H2,1-4H3,(H,12,13). The zero-order valence-corrected chi connectivity index (χ0v) is 10.5. The predicted octanol–water partition coefficient (Wildman–Crippen LogP) is 0.608. The first-order valence-corrected chi connectivity index (χ1v) is 5.88. The Balaban J connectivity index is 2.20. The molecule has 4 heteroatoms. The number of guanidine groups is 1. The Bertz CT molecular complexity index is 213. The maximum absolute atomic E-state index is 4.40. The number of rotatable bonds is 5. The van der Waals surface area contributed by atoms with Crippen LogP contribution >= 0.6 is 0 Å². The molecule has 0 bridgehead atoms. The van der Waals surface area contributed by atoms with E-state index < -0.39 is 0 Å². The largest absolute Gasteiger partial charge is 0.355 e. The molecule has 0 fully saturated rings. The topological polar surface area (TPSA) is 30.9 Å². The molecule has 15 heavy (non-hydrogen) atoms. The second kappa shape index (κ2) is 5.95. The lowest BCUT2D eigenvalue weighted by Gasteiger charge is -2.25. The number of hydrogen-bond acceptors (Lipinski definition) is 4. The maximum Gasteiger partial charge on any atom is 0.193 e. The molecule has 0 aliphatic carbocycles. The van der Waals surface area contributed by atoms with E-state index in [1.807, 2.05) is 0 Å². The number of likely N-dealkylation sites (N-methyl/N-ethyl adjacent to an activating group) is 2. The zero-order valence-electron chi connectivity index (χ0n) is 10.5. The van der Waals surface area contributed by atoms with Crippen LogP contribution in [0.5, 0.6) is 0 Å². The van der Waals surface area contributed by atoms with Gasteiger partial charge in [0.1, 0.15) is 0 Å². The Labute approximate surface area is 93.3 Å². The third-order valence-corrected chi connectivity index (χ3v) is 2.88. The Hall–Kier alpha value is -0.770. The summed E-state index contributed by atoms with van der Waals surface area (Å²) >= 11 is 0. The Kier molecular flexibility index (Phi) is 4.88. The molecule has 1 rings (SSSR count). The van der Waals surface area contributed by atoms with Crippen LogP contribution in [0.2, 0.25) is 0 Å². The summed E-state index contributed by atoms with van der Waals surface area (Å²) in [5, 5.41) is 3.39. The summed E-state index contributed by atoms with van der Waals surface area (Å²) in [4.78, 5) is 9.02. The van der Waals surface area contributed by atoms with Crippen molar-refractivity contribution in [3.63, 3.8) is 0 Å². The van der Waals surface area contributed by atoms with Crippen molar-refractivity contribution >= 4 is 5.96 Å². The van der Waals surface area contributed by atoms with Gasteiger partial charge in [-0.25, -0.2) is 0 Å². The van der Waals surface area contributed by atoms with Gasteiger partial charge in [-0.05, 0) is 20.4 Å². The monoisotopic (exact) mass is 212 g/mol. The highest BCUT2D eigenvalue weighted by molar-refractivity contribution is 5.81. The highest BCUT2D eigenvalue weighted by Gasteiger charge is 2.12. The summed E-state index contributed by atoms with van der Waals surface area (Å²) in [6.45, 7) is 11.8. The van der Waals surface area contributed by atoms with E-state index in [-0.39, 0.29) is 0 Å². The molecule has 0 spiro atoms. The minimum Gasteiger partial charge on any atom is -0.355 e. The van der Waals surface area contributed by atoms with Crippen molar-refractivity contribution < 1.29 is 0 Å². The Morgan fingerprint density at radius 2 is 2.27 bits per heavy atom. The zero-order chi connectivity index (χ0) is 11.3. The lowest BCUT2D eigenvalue weighted by atomic mass is 10.3. The summed E-state index contributed by atoms with van der Waals surface area (Å²) in [5.41, 5.74) is 0. The quantitative estimate of drug-likeness (QED) is 0.724.